The average Bonchev–Trinajstić information content (AvgIpc) is 3.37. The summed E-state index contributed by atoms with van der Waals surface area (Å²) in [7, 11) is 3.58. The first-order valence-corrected chi connectivity index (χ1v) is 10.6. The van der Waals surface area contributed by atoms with E-state index in [0.717, 1.165) is 49.3 Å². The van der Waals surface area contributed by atoms with Gasteiger partial charge in [0.15, 0.2) is 5.96 Å². The van der Waals surface area contributed by atoms with Gasteiger partial charge < -0.3 is 15.4 Å². The second-order valence-corrected chi connectivity index (χ2v) is 8.28. The van der Waals surface area contributed by atoms with Crippen LogP contribution in [0.15, 0.2) is 29.3 Å². The van der Waals surface area contributed by atoms with Gasteiger partial charge in [0.05, 0.1) is 13.7 Å². The molecule has 7 nitrogen and oxygen atoms in total. The molecule has 1 aromatic carbocycles. The summed E-state index contributed by atoms with van der Waals surface area (Å²) in [4.78, 5) is 8.99. The molecule has 156 valence electrons. The number of hydrogen-bond donors (Lipinski definition) is 2. The summed E-state index contributed by atoms with van der Waals surface area (Å²) in [5.41, 5.74) is 1.49. The fraction of sp³-hybridized carbons (Fsp3) is 0.591. The van der Waals surface area contributed by atoms with Crippen molar-refractivity contribution >= 4 is 5.96 Å². The van der Waals surface area contributed by atoms with Gasteiger partial charge in [0, 0.05) is 31.5 Å². The lowest BCUT2D eigenvalue weighted by molar-refractivity contribution is 0.385. The van der Waals surface area contributed by atoms with Crippen molar-refractivity contribution in [1.29, 1.82) is 0 Å². The maximum atomic E-state index is 5.47. The van der Waals surface area contributed by atoms with Crippen molar-refractivity contribution < 1.29 is 4.74 Å². The predicted molar refractivity (Wildman–Crippen MR) is 115 cm³/mol. The van der Waals surface area contributed by atoms with Crippen LogP contribution in [0.5, 0.6) is 5.75 Å². The molecule has 1 saturated carbocycles. The highest BCUT2D eigenvalue weighted by molar-refractivity contribution is 5.80. The van der Waals surface area contributed by atoms with Crippen molar-refractivity contribution in [2.45, 2.75) is 63.5 Å². The average molecular weight is 397 g/mol. The molecule has 0 spiro atoms. The van der Waals surface area contributed by atoms with E-state index < -0.39 is 0 Å². The first kappa shape index (κ1) is 19.7. The van der Waals surface area contributed by atoms with Gasteiger partial charge in [-0.1, -0.05) is 25.0 Å². The summed E-state index contributed by atoms with van der Waals surface area (Å²) >= 11 is 0. The van der Waals surface area contributed by atoms with Crippen molar-refractivity contribution in [3.63, 3.8) is 0 Å². The fourth-order valence-corrected chi connectivity index (χ4v) is 4.76. The van der Waals surface area contributed by atoms with Crippen molar-refractivity contribution in [1.82, 2.24) is 25.4 Å². The lowest BCUT2D eigenvalue weighted by Crippen LogP contribution is -2.50. The van der Waals surface area contributed by atoms with Crippen LogP contribution in [-0.2, 0) is 18.4 Å². The molecule has 1 unspecified atom stereocenters. The summed E-state index contributed by atoms with van der Waals surface area (Å²) in [6.07, 6.45) is 6.90. The normalized spacial score (nSPS) is 20.9. The van der Waals surface area contributed by atoms with Crippen LogP contribution in [0.25, 0.3) is 0 Å². The molecule has 0 bridgehead atoms. The van der Waals surface area contributed by atoms with E-state index in [-0.39, 0.29) is 5.41 Å². The monoisotopic (exact) mass is 396 g/mol. The van der Waals surface area contributed by atoms with E-state index in [1.54, 1.807) is 7.11 Å². The Kier molecular flexibility index (Phi) is 5.74. The van der Waals surface area contributed by atoms with Gasteiger partial charge in [0.1, 0.15) is 17.4 Å². The number of aliphatic imine (C=N–C) groups is 1. The Balaban J connectivity index is 1.41. The highest BCUT2D eigenvalue weighted by atomic mass is 16.5. The predicted octanol–water partition coefficient (Wildman–Crippen LogP) is 2.59. The van der Waals surface area contributed by atoms with E-state index in [0.29, 0.717) is 6.04 Å². The Morgan fingerprint density at radius 2 is 2.17 bits per heavy atom. The van der Waals surface area contributed by atoms with Crippen molar-refractivity contribution in [3.8, 4) is 5.75 Å². The van der Waals surface area contributed by atoms with Crippen LogP contribution < -0.4 is 15.4 Å². The molecular formula is C22H32N6O. The maximum Gasteiger partial charge on any atom is 0.191 e. The molecule has 1 atom stereocenters. The number of aromatic nitrogens is 3. The summed E-state index contributed by atoms with van der Waals surface area (Å²) < 4.78 is 7.49. The molecule has 29 heavy (non-hydrogen) atoms. The first-order valence-electron chi connectivity index (χ1n) is 10.6. The first-order chi connectivity index (χ1) is 14.1. The fourth-order valence-electron chi connectivity index (χ4n) is 4.76. The van der Waals surface area contributed by atoms with Gasteiger partial charge in [-0.15, -0.1) is 0 Å². The molecule has 2 N–H and O–H groups in total. The zero-order valence-corrected chi connectivity index (χ0v) is 17.7. The molecule has 0 saturated heterocycles. The van der Waals surface area contributed by atoms with Crippen LogP contribution >= 0.6 is 0 Å². The van der Waals surface area contributed by atoms with Crippen LogP contribution in [0.2, 0.25) is 0 Å². The number of nitrogens with one attached hydrogen (secondary N) is 2. The van der Waals surface area contributed by atoms with Gasteiger partial charge in [0.2, 0.25) is 0 Å². The molecule has 1 aliphatic carbocycles. The number of aryl methyl sites for hydroxylation is 2. The van der Waals surface area contributed by atoms with Gasteiger partial charge in [-0.25, -0.2) is 9.67 Å². The number of rotatable bonds is 5. The highest BCUT2D eigenvalue weighted by Gasteiger charge is 2.36. The minimum Gasteiger partial charge on any atom is -0.497 e. The summed E-state index contributed by atoms with van der Waals surface area (Å²) in [5.74, 6) is 3.73. The Hall–Kier alpha value is -2.57. The molecule has 1 fully saturated rings. The Morgan fingerprint density at radius 1 is 1.34 bits per heavy atom. The Morgan fingerprint density at radius 3 is 2.93 bits per heavy atom. The molecule has 1 aliphatic heterocycles. The molecule has 7 heteroatoms. The quantitative estimate of drug-likeness (QED) is 0.600. The second-order valence-electron chi connectivity index (χ2n) is 8.28. The van der Waals surface area contributed by atoms with E-state index in [4.69, 9.17) is 4.74 Å². The van der Waals surface area contributed by atoms with Crippen molar-refractivity contribution in [2.24, 2.45) is 4.99 Å². The molecular weight excluding hydrogens is 364 g/mol. The van der Waals surface area contributed by atoms with Crippen LogP contribution in [0.4, 0.5) is 0 Å². The van der Waals surface area contributed by atoms with E-state index in [1.807, 2.05) is 24.7 Å². The molecule has 0 amide bonds. The minimum atomic E-state index is 0.134. The Bertz CT molecular complexity index is 868. The summed E-state index contributed by atoms with van der Waals surface area (Å²) in [5, 5.41) is 11.7. The topological polar surface area (TPSA) is 76.4 Å². The third-order valence-electron chi connectivity index (χ3n) is 6.37. The third-order valence-corrected chi connectivity index (χ3v) is 6.37. The van der Waals surface area contributed by atoms with Gasteiger partial charge in [-0.05, 0) is 43.9 Å². The number of fused-ring (bicyclic) bond motifs is 1. The number of hydrogen-bond acceptors (Lipinski definition) is 4. The van der Waals surface area contributed by atoms with Gasteiger partial charge in [0.25, 0.3) is 0 Å². The SMILES string of the molecule is CN=C(NCC1(c2cccc(OC)c2)CCCC1)NC1CCc2nc(C)nn2C1. The number of guanidine groups is 1. The molecule has 4 rings (SSSR count). The van der Waals surface area contributed by atoms with Crippen LogP contribution in [0.3, 0.4) is 0 Å². The standard InChI is InChI=1S/C22H32N6O/c1-16-25-20-10-9-18(14-28(20)27-16)26-21(23-2)24-15-22(11-4-5-12-22)17-7-6-8-19(13-17)29-3/h6-8,13,18H,4-5,9-12,14-15H2,1-3H3,(H2,23,24,26). The van der Waals surface area contributed by atoms with Crippen LogP contribution in [-0.4, -0.2) is 47.5 Å². The zero-order valence-electron chi connectivity index (χ0n) is 17.7. The summed E-state index contributed by atoms with van der Waals surface area (Å²) in [6.45, 7) is 3.66. The van der Waals surface area contributed by atoms with E-state index in [1.165, 1.54) is 31.2 Å². The number of methoxy groups -OCH3 is 1. The summed E-state index contributed by atoms with van der Waals surface area (Å²) in [6, 6.07) is 8.86. The third kappa shape index (κ3) is 4.23. The van der Waals surface area contributed by atoms with Gasteiger partial charge >= 0.3 is 0 Å². The Labute approximate surface area is 173 Å². The van der Waals surface area contributed by atoms with Gasteiger partial charge in [-0.2, -0.15) is 5.10 Å². The molecule has 0 radical (unpaired) electrons. The van der Waals surface area contributed by atoms with Gasteiger partial charge in [-0.3, -0.25) is 4.99 Å². The van der Waals surface area contributed by atoms with E-state index in [9.17, 15) is 0 Å². The highest BCUT2D eigenvalue weighted by Crippen LogP contribution is 2.41. The molecule has 2 heterocycles. The number of benzene rings is 1. The van der Waals surface area contributed by atoms with Crippen molar-refractivity contribution in [2.75, 3.05) is 20.7 Å². The van der Waals surface area contributed by atoms with Crippen LogP contribution in [0.1, 0.15) is 49.3 Å². The molecule has 1 aromatic heterocycles. The largest absolute Gasteiger partial charge is 0.497 e. The molecule has 2 aliphatic rings. The minimum absolute atomic E-state index is 0.134. The van der Waals surface area contributed by atoms with Crippen molar-refractivity contribution in [3.05, 3.63) is 41.5 Å². The zero-order chi connectivity index (χ0) is 20.3. The van der Waals surface area contributed by atoms with Crippen LogP contribution in [0, 0.1) is 6.92 Å². The maximum absolute atomic E-state index is 5.47. The van der Waals surface area contributed by atoms with E-state index >= 15 is 0 Å². The molecule has 2 aromatic rings. The number of ether oxygens (including phenoxy) is 1. The second kappa shape index (κ2) is 8.43. The lowest BCUT2D eigenvalue weighted by Gasteiger charge is -2.32. The lowest BCUT2D eigenvalue weighted by atomic mass is 9.78. The number of nitrogens with zero attached hydrogens (tertiary/aromatic N) is 4. The van der Waals surface area contributed by atoms with E-state index in [2.05, 4.69) is 43.9 Å². The smallest absolute Gasteiger partial charge is 0.191 e.